The van der Waals surface area contributed by atoms with Crippen LogP contribution in [0.5, 0.6) is 0 Å². The number of furan rings is 1. The van der Waals surface area contributed by atoms with Crippen molar-refractivity contribution >= 4 is 17.7 Å². The first-order valence-corrected chi connectivity index (χ1v) is 10.5. The fraction of sp³-hybridized carbons (Fsp3) is 0.174. The van der Waals surface area contributed by atoms with Gasteiger partial charge in [0.05, 0.1) is 17.6 Å². The monoisotopic (exact) mass is 419 g/mol. The average Bonchev–Trinajstić information content (AvgIpc) is 3.41. The van der Waals surface area contributed by atoms with E-state index in [1.165, 1.54) is 11.8 Å². The number of carbonyl (C=O) groups excluding carboxylic acids is 1. The van der Waals surface area contributed by atoms with Crippen LogP contribution in [0.2, 0.25) is 0 Å². The second kappa shape index (κ2) is 9.45. The van der Waals surface area contributed by atoms with Crippen LogP contribution in [0.15, 0.2) is 87.1 Å². The Balaban J connectivity index is 1.43. The number of amides is 1. The number of hydrogen-bond acceptors (Lipinski definition) is 6. The molecule has 0 fully saturated rings. The maximum atomic E-state index is 13.0. The summed E-state index contributed by atoms with van der Waals surface area (Å²) in [5.41, 5.74) is 2.93. The van der Waals surface area contributed by atoms with Crippen molar-refractivity contribution in [3.63, 3.8) is 0 Å². The molecule has 30 heavy (non-hydrogen) atoms. The topological polar surface area (TPSA) is 72.4 Å². The van der Waals surface area contributed by atoms with Crippen LogP contribution in [-0.4, -0.2) is 26.8 Å². The molecule has 0 spiro atoms. The van der Waals surface area contributed by atoms with Gasteiger partial charge in [-0.05, 0) is 24.1 Å². The fourth-order valence-electron chi connectivity index (χ4n) is 3.04. The zero-order valence-corrected chi connectivity index (χ0v) is 17.3. The van der Waals surface area contributed by atoms with Gasteiger partial charge in [0.1, 0.15) is 5.76 Å². The highest BCUT2D eigenvalue weighted by Crippen LogP contribution is 2.26. The summed E-state index contributed by atoms with van der Waals surface area (Å²) in [5, 5.41) is 8.46. The largest absolute Gasteiger partial charge is 0.469 e. The maximum Gasteiger partial charge on any atom is 0.277 e. The molecule has 0 N–H and O–H groups in total. The first kappa shape index (κ1) is 20.0. The van der Waals surface area contributed by atoms with Crippen LogP contribution in [0.25, 0.3) is 11.5 Å². The molecule has 0 aliphatic carbocycles. The van der Waals surface area contributed by atoms with E-state index in [9.17, 15) is 4.79 Å². The highest BCUT2D eigenvalue weighted by molar-refractivity contribution is 7.99. The molecule has 0 unspecified atom stereocenters. The summed E-state index contributed by atoms with van der Waals surface area (Å²) in [6.07, 6.45) is 1.58. The second-order valence-electron chi connectivity index (χ2n) is 6.77. The smallest absolute Gasteiger partial charge is 0.277 e. The maximum absolute atomic E-state index is 13.0. The third-order valence-corrected chi connectivity index (χ3v) is 5.40. The predicted molar refractivity (Wildman–Crippen MR) is 115 cm³/mol. The Labute approximate surface area is 178 Å². The molecule has 0 aliphatic rings. The van der Waals surface area contributed by atoms with E-state index in [0.29, 0.717) is 30.0 Å². The average molecular weight is 420 g/mol. The van der Waals surface area contributed by atoms with Gasteiger partial charge < -0.3 is 13.7 Å². The lowest BCUT2D eigenvalue weighted by atomic mass is 10.1. The van der Waals surface area contributed by atoms with Gasteiger partial charge in [0.25, 0.3) is 11.1 Å². The van der Waals surface area contributed by atoms with Crippen LogP contribution in [0, 0.1) is 6.92 Å². The Bertz CT molecular complexity index is 1050. The van der Waals surface area contributed by atoms with Gasteiger partial charge in [0, 0.05) is 13.1 Å². The molecule has 152 valence electrons. The minimum atomic E-state index is 0.00643. The van der Waals surface area contributed by atoms with Crippen LogP contribution >= 0.6 is 11.8 Å². The van der Waals surface area contributed by atoms with E-state index in [-0.39, 0.29) is 11.7 Å². The van der Waals surface area contributed by atoms with Gasteiger partial charge in [-0.3, -0.25) is 4.79 Å². The van der Waals surface area contributed by atoms with Gasteiger partial charge in [-0.2, -0.15) is 0 Å². The zero-order valence-electron chi connectivity index (χ0n) is 16.5. The molecule has 0 aliphatic heterocycles. The highest BCUT2D eigenvalue weighted by atomic mass is 32.2. The standard InChI is InChI=1S/C23H21N3O3S/c1-17-20(12-13-28-17)22-24-25-23(29-22)30-16-21(27)26(14-18-8-4-2-5-9-18)15-19-10-6-3-7-11-19/h2-13H,14-16H2,1H3. The van der Waals surface area contributed by atoms with Crippen molar-refractivity contribution in [1.29, 1.82) is 0 Å². The van der Waals surface area contributed by atoms with Gasteiger partial charge in [0.15, 0.2) is 0 Å². The summed E-state index contributed by atoms with van der Waals surface area (Å²) in [7, 11) is 0. The molecule has 2 heterocycles. The van der Waals surface area contributed by atoms with Crippen molar-refractivity contribution in [1.82, 2.24) is 15.1 Å². The van der Waals surface area contributed by atoms with Gasteiger partial charge in [-0.25, -0.2) is 0 Å². The van der Waals surface area contributed by atoms with E-state index in [1.807, 2.05) is 72.5 Å². The summed E-state index contributed by atoms with van der Waals surface area (Å²) in [5.74, 6) is 1.32. The molecule has 1 amide bonds. The number of nitrogens with zero attached hydrogens (tertiary/aromatic N) is 3. The number of rotatable bonds is 8. The first-order chi connectivity index (χ1) is 14.7. The Morgan fingerprint density at radius 1 is 0.933 bits per heavy atom. The lowest BCUT2D eigenvalue weighted by Gasteiger charge is -2.23. The summed E-state index contributed by atoms with van der Waals surface area (Å²) in [4.78, 5) is 14.9. The molecule has 0 saturated carbocycles. The first-order valence-electron chi connectivity index (χ1n) is 9.55. The summed E-state index contributed by atoms with van der Waals surface area (Å²) in [6.45, 7) is 2.91. The van der Waals surface area contributed by atoms with Gasteiger partial charge in [-0.15, -0.1) is 10.2 Å². The van der Waals surface area contributed by atoms with E-state index >= 15 is 0 Å². The fourth-order valence-corrected chi connectivity index (χ4v) is 3.70. The van der Waals surface area contributed by atoms with Crippen LogP contribution in [0.3, 0.4) is 0 Å². The van der Waals surface area contributed by atoms with E-state index in [1.54, 1.807) is 12.3 Å². The molecule has 6 nitrogen and oxygen atoms in total. The van der Waals surface area contributed by atoms with E-state index < -0.39 is 0 Å². The van der Waals surface area contributed by atoms with E-state index in [2.05, 4.69) is 10.2 Å². The number of aromatic nitrogens is 2. The summed E-state index contributed by atoms with van der Waals surface area (Å²) < 4.78 is 11.0. The van der Waals surface area contributed by atoms with E-state index in [0.717, 1.165) is 16.7 Å². The zero-order chi connectivity index (χ0) is 20.8. The minimum absolute atomic E-state index is 0.00643. The van der Waals surface area contributed by atoms with E-state index in [4.69, 9.17) is 8.83 Å². The normalized spacial score (nSPS) is 10.8. The molecule has 0 radical (unpaired) electrons. The molecule has 0 atom stereocenters. The molecule has 7 heteroatoms. The lowest BCUT2D eigenvalue weighted by Crippen LogP contribution is -2.31. The van der Waals surface area contributed by atoms with Crippen molar-refractivity contribution in [2.24, 2.45) is 0 Å². The molecule has 4 aromatic rings. The molecule has 4 rings (SSSR count). The minimum Gasteiger partial charge on any atom is -0.469 e. The van der Waals surface area contributed by atoms with Crippen LogP contribution in [-0.2, 0) is 17.9 Å². The Kier molecular flexibility index (Phi) is 6.29. The second-order valence-corrected chi connectivity index (χ2v) is 7.70. The number of benzene rings is 2. The van der Waals surface area contributed by atoms with Crippen molar-refractivity contribution in [2.45, 2.75) is 25.2 Å². The number of aryl methyl sites for hydroxylation is 1. The number of thioether (sulfide) groups is 1. The van der Waals surface area contributed by atoms with Crippen molar-refractivity contribution in [3.05, 3.63) is 89.9 Å². The third kappa shape index (κ3) is 4.99. The van der Waals surface area contributed by atoms with Gasteiger partial charge in [-0.1, -0.05) is 72.4 Å². The van der Waals surface area contributed by atoms with Crippen molar-refractivity contribution in [2.75, 3.05) is 5.75 Å². The summed E-state index contributed by atoms with van der Waals surface area (Å²) >= 11 is 1.24. The number of carbonyl (C=O) groups is 1. The summed E-state index contributed by atoms with van der Waals surface area (Å²) in [6, 6.07) is 21.7. The SMILES string of the molecule is Cc1occc1-c1nnc(SCC(=O)N(Cc2ccccc2)Cc2ccccc2)o1. The van der Waals surface area contributed by atoms with Crippen LogP contribution < -0.4 is 0 Å². The van der Waals surface area contributed by atoms with Crippen molar-refractivity contribution in [3.8, 4) is 11.5 Å². The Hall–Kier alpha value is -3.32. The third-order valence-electron chi connectivity index (χ3n) is 4.60. The number of hydrogen-bond donors (Lipinski definition) is 0. The van der Waals surface area contributed by atoms with Crippen LogP contribution in [0.1, 0.15) is 16.9 Å². The van der Waals surface area contributed by atoms with Gasteiger partial charge in [0.2, 0.25) is 5.91 Å². The molecule has 2 aromatic carbocycles. The quantitative estimate of drug-likeness (QED) is 0.376. The molecule has 2 aromatic heterocycles. The molecule has 0 saturated heterocycles. The van der Waals surface area contributed by atoms with Crippen molar-refractivity contribution < 1.29 is 13.6 Å². The Morgan fingerprint density at radius 2 is 1.57 bits per heavy atom. The molecule has 0 bridgehead atoms. The van der Waals surface area contributed by atoms with Gasteiger partial charge >= 0.3 is 0 Å². The Morgan fingerprint density at radius 3 is 2.13 bits per heavy atom. The highest BCUT2D eigenvalue weighted by Gasteiger charge is 2.18. The molecular weight excluding hydrogens is 398 g/mol. The lowest BCUT2D eigenvalue weighted by molar-refractivity contribution is -0.129. The van der Waals surface area contributed by atoms with Crippen LogP contribution in [0.4, 0.5) is 0 Å². The predicted octanol–water partition coefficient (Wildman–Crippen LogP) is 4.96. The molecular formula is C23H21N3O3S.